The molecule has 22 heavy (non-hydrogen) atoms. The molecule has 1 fully saturated rings. The Hall–Kier alpha value is -2.07. The number of hydrogen-bond acceptors (Lipinski definition) is 3. The molecule has 1 heterocycles. The molecule has 1 aliphatic heterocycles. The zero-order valence-electron chi connectivity index (χ0n) is 12.7. The lowest BCUT2D eigenvalue weighted by Gasteiger charge is -2.17. The van der Waals surface area contributed by atoms with Crippen LogP contribution in [0, 0.1) is 0 Å². The molecular weight excluding hydrogens is 278 g/mol. The zero-order valence-corrected chi connectivity index (χ0v) is 12.7. The molecule has 2 aromatic rings. The first kappa shape index (κ1) is 14.9. The van der Waals surface area contributed by atoms with E-state index in [4.69, 9.17) is 9.47 Å². The fourth-order valence-electron chi connectivity index (χ4n) is 2.66. The summed E-state index contributed by atoms with van der Waals surface area (Å²) in [6, 6.07) is 13.9. The largest absolute Gasteiger partial charge is 0.481 e. The Morgan fingerprint density at radius 3 is 2.91 bits per heavy atom. The van der Waals surface area contributed by atoms with Gasteiger partial charge in [-0.05, 0) is 42.7 Å². The Balaban J connectivity index is 1.57. The Labute approximate surface area is 130 Å². The smallest absolute Gasteiger partial charge is 0.260 e. The van der Waals surface area contributed by atoms with E-state index in [0.717, 1.165) is 30.2 Å². The maximum atomic E-state index is 12.1. The van der Waals surface area contributed by atoms with Crippen LogP contribution in [0.2, 0.25) is 0 Å². The lowest BCUT2D eigenvalue weighted by molar-refractivity contribution is -0.127. The van der Waals surface area contributed by atoms with Crippen molar-refractivity contribution in [2.24, 2.45) is 0 Å². The molecule has 0 unspecified atom stereocenters. The molecule has 2 aromatic carbocycles. The minimum atomic E-state index is -0.525. The molecule has 4 heteroatoms. The summed E-state index contributed by atoms with van der Waals surface area (Å²) in [6.45, 7) is 3.12. The quantitative estimate of drug-likeness (QED) is 0.923. The van der Waals surface area contributed by atoms with E-state index >= 15 is 0 Å². The molecule has 0 saturated carbocycles. The number of hydrogen-bond donors (Lipinski definition) is 1. The molecule has 0 bridgehead atoms. The summed E-state index contributed by atoms with van der Waals surface area (Å²) in [5.74, 6) is 0.599. The molecule has 0 aliphatic carbocycles. The molecule has 3 rings (SSSR count). The van der Waals surface area contributed by atoms with Crippen molar-refractivity contribution in [1.29, 1.82) is 0 Å². The summed E-state index contributed by atoms with van der Waals surface area (Å²) < 4.78 is 11.2. The van der Waals surface area contributed by atoms with Gasteiger partial charge in [-0.2, -0.15) is 0 Å². The highest BCUT2D eigenvalue weighted by Crippen LogP contribution is 2.21. The summed E-state index contributed by atoms with van der Waals surface area (Å²) in [6.07, 6.45) is 1.71. The summed E-state index contributed by atoms with van der Waals surface area (Å²) in [5, 5.41) is 5.15. The number of benzene rings is 2. The minimum absolute atomic E-state index is 0.108. The predicted molar refractivity (Wildman–Crippen MR) is 86.0 cm³/mol. The normalized spacial score (nSPS) is 19.0. The van der Waals surface area contributed by atoms with Crippen molar-refractivity contribution in [2.45, 2.75) is 32.0 Å². The summed E-state index contributed by atoms with van der Waals surface area (Å²) in [4.78, 5) is 12.1. The van der Waals surface area contributed by atoms with E-state index in [1.165, 1.54) is 0 Å². The van der Waals surface area contributed by atoms with Gasteiger partial charge in [0.15, 0.2) is 6.10 Å². The lowest BCUT2D eigenvalue weighted by Crippen LogP contribution is -2.40. The summed E-state index contributed by atoms with van der Waals surface area (Å²) in [7, 11) is 0. The van der Waals surface area contributed by atoms with Gasteiger partial charge in [-0.3, -0.25) is 4.79 Å². The molecule has 4 nitrogen and oxygen atoms in total. The average molecular weight is 299 g/mol. The number of carbonyl (C=O) groups is 1. The number of amides is 1. The molecule has 1 saturated heterocycles. The van der Waals surface area contributed by atoms with E-state index in [1.54, 1.807) is 6.92 Å². The van der Waals surface area contributed by atoms with Crippen LogP contribution in [-0.2, 0) is 9.53 Å². The van der Waals surface area contributed by atoms with Crippen LogP contribution in [0.3, 0.4) is 0 Å². The number of fused-ring (bicyclic) bond motifs is 1. The number of carbonyl (C=O) groups excluding carboxylic acids is 1. The van der Waals surface area contributed by atoms with E-state index in [-0.39, 0.29) is 12.0 Å². The van der Waals surface area contributed by atoms with Gasteiger partial charge in [-0.25, -0.2) is 0 Å². The highest BCUT2D eigenvalue weighted by atomic mass is 16.5. The van der Waals surface area contributed by atoms with Crippen molar-refractivity contribution >= 4 is 16.7 Å². The van der Waals surface area contributed by atoms with E-state index in [1.807, 2.05) is 36.4 Å². The van der Waals surface area contributed by atoms with Gasteiger partial charge in [-0.15, -0.1) is 0 Å². The van der Waals surface area contributed by atoms with Crippen LogP contribution in [0.15, 0.2) is 42.5 Å². The molecule has 1 amide bonds. The molecule has 0 spiro atoms. The molecule has 0 radical (unpaired) electrons. The first-order valence-electron chi connectivity index (χ1n) is 7.77. The molecular formula is C18H21NO3. The fourth-order valence-corrected chi connectivity index (χ4v) is 2.66. The van der Waals surface area contributed by atoms with Crippen molar-refractivity contribution < 1.29 is 14.3 Å². The minimum Gasteiger partial charge on any atom is -0.481 e. The summed E-state index contributed by atoms with van der Waals surface area (Å²) >= 11 is 0. The summed E-state index contributed by atoms with van der Waals surface area (Å²) in [5.41, 5.74) is 0. The fraction of sp³-hybridized carbons (Fsp3) is 0.389. The maximum Gasteiger partial charge on any atom is 0.260 e. The van der Waals surface area contributed by atoms with Crippen LogP contribution in [0.5, 0.6) is 5.75 Å². The number of rotatable bonds is 5. The van der Waals surface area contributed by atoms with Crippen LogP contribution in [0.1, 0.15) is 19.8 Å². The standard InChI is InChI=1S/C18H21NO3/c1-13(18(20)19-12-17-7-4-10-21-17)22-16-9-8-14-5-2-3-6-15(14)11-16/h2-3,5-6,8-9,11,13,17H,4,7,10,12H2,1H3,(H,19,20)/t13-,17-/m1/s1. The van der Waals surface area contributed by atoms with Crippen molar-refractivity contribution in [3.63, 3.8) is 0 Å². The predicted octanol–water partition coefficient (Wildman–Crippen LogP) is 2.90. The Kier molecular flexibility index (Phi) is 4.59. The number of nitrogens with one attached hydrogen (secondary N) is 1. The van der Waals surface area contributed by atoms with E-state index in [2.05, 4.69) is 11.4 Å². The van der Waals surface area contributed by atoms with Gasteiger partial charge in [0, 0.05) is 13.2 Å². The molecule has 0 aromatic heterocycles. The lowest BCUT2D eigenvalue weighted by atomic mass is 10.1. The monoisotopic (exact) mass is 299 g/mol. The average Bonchev–Trinajstić information content (AvgIpc) is 3.06. The van der Waals surface area contributed by atoms with Gasteiger partial charge in [0.05, 0.1) is 6.10 Å². The maximum absolute atomic E-state index is 12.1. The van der Waals surface area contributed by atoms with Gasteiger partial charge < -0.3 is 14.8 Å². The van der Waals surface area contributed by atoms with Crippen LogP contribution in [0.25, 0.3) is 10.8 Å². The van der Waals surface area contributed by atoms with Gasteiger partial charge in [0.1, 0.15) is 5.75 Å². The van der Waals surface area contributed by atoms with E-state index in [0.29, 0.717) is 12.3 Å². The third-order valence-corrected chi connectivity index (χ3v) is 3.93. The van der Waals surface area contributed by atoms with Gasteiger partial charge >= 0.3 is 0 Å². The van der Waals surface area contributed by atoms with Crippen molar-refractivity contribution in [3.8, 4) is 5.75 Å². The zero-order chi connectivity index (χ0) is 15.4. The Morgan fingerprint density at radius 1 is 1.32 bits per heavy atom. The van der Waals surface area contributed by atoms with Crippen LogP contribution in [0.4, 0.5) is 0 Å². The second-order valence-electron chi connectivity index (χ2n) is 5.65. The third-order valence-electron chi connectivity index (χ3n) is 3.93. The van der Waals surface area contributed by atoms with Crippen molar-refractivity contribution in [2.75, 3.05) is 13.2 Å². The van der Waals surface area contributed by atoms with Crippen LogP contribution >= 0.6 is 0 Å². The van der Waals surface area contributed by atoms with Gasteiger partial charge in [-0.1, -0.05) is 30.3 Å². The Bertz CT molecular complexity index is 650. The van der Waals surface area contributed by atoms with Crippen molar-refractivity contribution in [3.05, 3.63) is 42.5 Å². The first-order chi connectivity index (χ1) is 10.7. The first-order valence-corrected chi connectivity index (χ1v) is 7.77. The molecule has 116 valence electrons. The van der Waals surface area contributed by atoms with E-state index < -0.39 is 6.10 Å². The number of ether oxygens (including phenoxy) is 2. The molecule has 1 N–H and O–H groups in total. The second-order valence-corrected chi connectivity index (χ2v) is 5.65. The molecule has 2 atom stereocenters. The van der Waals surface area contributed by atoms with Crippen molar-refractivity contribution in [1.82, 2.24) is 5.32 Å². The highest BCUT2D eigenvalue weighted by molar-refractivity contribution is 5.84. The molecule has 1 aliphatic rings. The SMILES string of the molecule is C[C@@H](Oc1ccc2ccccc2c1)C(=O)NC[C@H]1CCCO1. The van der Waals surface area contributed by atoms with Crippen LogP contribution < -0.4 is 10.1 Å². The Morgan fingerprint density at radius 2 is 2.14 bits per heavy atom. The van der Waals surface area contributed by atoms with Gasteiger partial charge in [0.25, 0.3) is 5.91 Å². The third kappa shape index (κ3) is 3.57. The highest BCUT2D eigenvalue weighted by Gasteiger charge is 2.19. The van der Waals surface area contributed by atoms with Gasteiger partial charge in [0.2, 0.25) is 0 Å². The second kappa shape index (κ2) is 6.79. The van der Waals surface area contributed by atoms with E-state index in [9.17, 15) is 4.79 Å². The van der Waals surface area contributed by atoms with Crippen LogP contribution in [-0.4, -0.2) is 31.3 Å². The topological polar surface area (TPSA) is 47.6 Å².